The van der Waals surface area contributed by atoms with E-state index in [9.17, 15) is 9.90 Å². The summed E-state index contributed by atoms with van der Waals surface area (Å²) in [6, 6.07) is 18.0. The number of benzene rings is 3. The van der Waals surface area contributed by atoms with E-state index in [0.717, 1.165) is 16.3 Å². The Morgan fingerprint density at radius 2 is 1.74 bits per heavy atom. The van der Waals surface area contributed by atoms with Gasteiger partial charge >= 0.3 is 0 Å². The van der Waals surface area contributed by atoms with Crippen LogP contribution in [0.5, 0.6) is 5.75 Å². The van der Waals surface area contributed by atoms with Crippen LogP contribution in [0.25, 0.3) is 10.8 Å². The molecule has 0 saturated heterocycles. The number of hydrogen-bond acceptors (Lipinski definition) is 2. The summed E-state index contributed by atoms with van der Waals surface area (Å²) >= 11 is 6.32. The molecule has 0 radical (unpaired) electrons. The van der Waals surface area contributed by atoms with Gasteiger partial charge in [-0.2, -0.15) is 0 Å². The molecule has 2 N–H and O–H groups in total. The molecule has 0 unspecified atom stereocenters. The second-order valence-electron chi connectivity index (χ2n) is 5.37. The van der Waals surface area contributed by atoms with Gasteiger partial charge in [0.15, 0.2) is 0 Å². The van der Waals surface area contributed by atoms with Crippen LogP contribution in [-0.2, 0) is 4.79 Å². The second kappa shape index (κ2) is 6.31. The van der Waals surface area contributed by atoms with Gasteiger partial charge in [0.2, 0.25) is 5.91 Å². The molecule has 0 aromatic heterocycles. The minimum absolute atomic E-state index is 0.127. The third kappa shape index (κ3) is 3.01. The van der Waals surface area contributed by atoms with Crippen LogP contribution in [0.15, 0.2) is 60.7 Å². The topological polar surface area (TPSA) is 49.3 Å². The van der Waals surface area contributed by atoms with Crippen LogP contribution in [-0.4, -0.2) is 11.0 Å². The maximum Gasteiger partial charge on any atom is 0.217 e. The quantitative estimate of drug-likeness (QED) is 0.748. The zero-order valence-corrected chi connectivity index (χ0v) is 13.3. The molecular weight excluding hydrogens is 310 g/mol. The van der Waals surface area contributed by atoms with Crippen molar-refractivity contribution in [3.05, 3.63) is 76.8 Å². The summed E-state index contributed by atoms with van der Waals surface area (Å²) in [5.41, 5.74) is 1.39. The summed E-state index contributed by atoms with van der Waals surface area (Å²) in [6.45, 7) is 1.45. The molecule has 23 heavy (non-hydrogen) atoms. The number of hydrogen-bond donors (Lipinski definition) is 2. The first-order valence-corrected chi connectivity index (χ1v) is 7.68. The summed E-state index contributed by atoms with van der Waals surface area (Å²) < 4.78 is 0. The van der Waals surface area contributed by atoms with Crippen molar-refractivity contribution in [1.29, 1.82) is 0 Å². The van der Waals surface area contributed by atoms with Gasteiger partial charge in [-0.25, -0.2) is 0 Å². The highest BCUT2D eigenvalue weighted by molar-refractivity contribution is 6.31. The van der Waals surface area contributed by atoms with Crippen LogP contribution in [0.3, 0.4) is 0 Å². The summed E-state index contributed by atoms with van der Waals surface area (Å²) in [5.74, 6) is -0.0652. The summed E-state index contributed by atoms with van der Waals surface area (Å²) in [6.07, 6.45) is 0. The number of carbonyl (C=O) groups is 1. The summed E-state index contributed by atoms with van der Waals surface area (Å²) in [7, 11) is 0. The fourth-order valence-electron chi connectivity index (χ4n) is 2.81. The Hall–Kier alpha value is -2.52. The van der Waals surface area contributed by atoms with Gasteiger partial charge in [-0.05, 0) is 28.5 Å². The van der Waals surface area contributed by atoms with E-state index in [1.165, 1.54) is 6.92 Å². The number of phenols is 1. The predicted molar refractivity (Wildman–Crippen MR) is 92.7 cm³/mol. The lowest BCUT2D eigenvalue weighted by Gasteiger charge is -2.22. The van der Waals surface area contributed by atoms with Gasteiger partial charge < -0.3 is 10.4 Å². The van der Waals surface area contributed by atoms with Crippen molar-refractivity contribution in [2.75, 3.05) is 0 Å². The van der Waals surface area contributed by atoms with E-state index in [1.54, 1.807) is 12.1 Å². The number of fused-ring (bicyclic) bond motifs is 1. The predicted octanol–water partition coefficient (Wildman–Crippen LogP) is 4.42. The second-order valence-corrected chi connectivity index (χ2v) is 5.78. The van der Waals surface area contributed by atoms with Crippen molar-refractivity contribution in [3.8, 4) is 5.75 Å². The van der Waals surface area contributed by atoms with E-state index in [1.807, 2.05) is 48.5 Å². The monoisotopic (exact) mass is 325 g/mol. The molecular formula is C19H16ClNO2. The van der Waals surface area contributed by atoms with E-state index in [0.29, 0.717) is 10.6 Å². The summed E-state index contributed by atoms with van der Waals surface area (Å²) in [4.78, 5) is 11.7. The molecule has 0 aliphatic heterocycles. The highest BCUT2D eigenvalue weighted by atomic mass is 35.5. The Balaban J connectivity index is 2.28. The fraction of sp³-hybridized carbons (Fsp3) is 0.105. The van der Waals surface area contributed by atoms with Crippen LogP contribution >= 0.6 is 11.6 Å². The van der Waals surface area contributed by atoms with E-state index in [2.05, 4.69) is 5.32 Å². The maximum absolute atomic E-state index is 11.7. The van der Waals surface area contributed by atoms with E-state index >= 15 is 0 Å². The number of amides is 1. The van der Waals surface area contributed by atoms with Crippen molar-refractivity contribution < 1.29 is 9.90 Å². The minimum atomic E-state index is -0.521. The molecule has 0 bridgehead atoms. The molecule has 3 nitrogen and oxygen atoms in total. The van der Waals surface area contributed by atoms with E-state index in [4.69, 9.17) is 11.6 Å². The lowest BCUT2D eigenvalue weighted by Crippen LogP contribution is -2.27. The molecule has 0 spiro atoms. The average molecular weight is 326 g/mol. The molecule has 0 fully saturated rings. The lowest BCUT2D eigenvalue weighted by atomic mass is 9.92. The Labute approximate surface area is 139 Å². The molecule has 4 heteroatoms. The van der Waals surface area contributed by atoms with Gasteiger partial charge in [-0.1, -0.05) is 60.1 Å². The number of aromatic hydroxyl groups is 1. The first-order chi connectivity index (χ1) is 11.1. The van der Waals surface area contributed by atoms with Gasteiger partial charge in [0.25, 0.3) is 0 Å². The maximum atomic E-state index is 11.7. The smallest absolute Gasteiger partial charge is 0.217 e. The Kier molecular flexibility index (Phi) is 4.22. The number of phenolic OH excluding ortho intramolecular Hbond substituents is 1. The molecule has 3 aromatic rings. The Morgan fingerprint density at radius 1 is 1.04 bits per heavy atom. The number of nitrogens with one attached hydrogen (secondary N) is 1. The molecule has 0 aliphatic carbocycles. The average Bonchev–Trinajstić information content (AvgIpc) is 2.53. The number of rotatable bonds is 3. The van der Waals surface area contributed by atoms with Crippen LogP contribution in [0, 0.1) is 0 Å². The first kappa shape index (κ1) is 15.4. The molecule has 116 valence electrons. The largest absolute Gasteiger partial charge is 0.508 e. The van der Waals surface area contributed by atoms with Gasteiger partial charge in [-0.15, -0.1) is 0 Å². The number of carbonyl (C=O) groups excluding carboxylic acids is 1. The Bertz CT molecular complexity index is 876. The zero-order valence-electron chi connectivity index (χ0n) is 12.6. The number of halogens is 1. The van der Waals surface area contributed by atoms with Gasteiger partial charge in [0.05, 0.1) is 6.04 Å². The first-order valence-electron chi connectivity index (χ1n) is 7.30. The standard InChI is InChI=1S/C19H16ClNO2/c1-12(22)21-19(15-8-4-5-9-16(15)20)18-14-7-3-2-6-13(14)10-11-17(18)23/h2-11,19,23H,1H3,(H,21,22)/t19-/m0/s1. The normalized spacial score (nSPS) is 12.1. The molecule has 0 aliphatic rings. The van der Waals surface area contributed by atoms with Crippen molar-refractivity contribution in [2.24, 2.45) is 0 Å². The van der Waals surface area contributed by atoms with Gasteiger partial charge in [0, 0.05) is 17.5 Å². The van der Waals surface area contributed by atoms with Crippen molar-refractivity contribution in [1.82, 2.24) is 5.32 Å². The summed E-state index contributed by atoms with van der Waals surface area (Å²) in [5, 5.41) is 15.8. The molecule has 3 rings (SSSR count). The van der Waals surface area contributed by atoms with Crippen LogP contribution in [0.2, 0.25) is 5.02 Å². The fourth-order valence-corrected chi connectivity index (χ4v) is 3.05. The highest BCUT2D eigenvalue weighted by Crippen LogP contribution is 2.37. The van der Waals surface area contributed by atoms with Crippen molar-refractivity contribution in [3.63, 3.8) is 0 Å². The lowest BCUT2D eigenvalue weighted by molar-refractivity contribution is -0.119. The third-order valence-corrected chi connectivity index (χ3v) is 4.14. The highest BCUT2D eigenvalue weighted by Gasteiger charge is 2.23. The van der Waals surface area contributed by atoms with Crippen molar-refractivity contribution in [2.45, 2.75) is 13.0 Å². The van der Waals surface area contributed by atoms with E-state index < -0.39 is 6.04 Å². The molecule has 1 amide bonds. The van der Waals surface area contributed by atoms with Crippen LogP contribution < -0.4 is 5.32 Å². The molecule has 0 heterocycles. The third-order valence-electron chi connectivity index (χ3n) is 3.80. The van der Waals surface area contributed by atoms with E-state index in [-0.39, 0.29) is 11.7 Å². The SMILES string of the molecule is CC(=O)N[C@@H](c1ccccc1Cl)c1c(O)ccc2ccccc12. The molecule has 3 aromatic carbocycles. The zero-order chi connectivity index (χ0) is 16.4. The van der Waals surface area contributed by atoms with Gasteiger partial charge in [-0.3, -0.25) is 4.79 Å². The van der Waals surface area contributed by atoms with Gasteiger partial charge in [0.1, 0.15) is 5.75 Å². The minimum Gasteiger partial charge on any atom is -0.508 e. The van der Waals surface area contributed by atoms with Crippen molar-refractivity contribution >= 4 is 28.3 Å². The van der Waals surface area contributed by atoms with Crippen LogP contribution in [0.1, 0.15) is 24.1 Å². The Morgan fingerprint density at radius 3 is 2.48 bits per heavy atom. The molecule has 0 saturated carbocycles. The van der Waals surface area contributed by atoms with Crippen LogP contribution in [0.4, 0.5) is 0 Å². The molecule has 1 atom stereocenters.